The third kappa shape index (κ3) is 2.95. The van der Waals surface area contributed by atoms with Crippen LogP contribution in [0.2, 0.25) is 0 Å². The summed E-state index contributed by atoms with van der Waals surface area (Å²) in [6.07, 6.45) is 2.87. The number of aliphatic carboxylic acids is 1. The smallest absolute Gasteiger partial charge is 0.416 e. The molecule has 5 nitrogen and oxygen atoms in total. The summed E-state index contributed by atoms with van der Waals surface area (Å²) >= 11 is 0. The Labute approximate surface area is 116 Å². The molecule has 0 aliphatic heterocycles. The lowest BCUT2D eigenvalue weighted by Gasteiger charge is -2.02. The second kappa shape index (κ2) is 5.88. The van der Waals surface area contributed by atoms with Crippen molar-refractivity contribution < 1.29 is 24.6 Å². The van der Waals surface area contributed by atoms with Gasteiger partial charge in [0.2, 0.25) is 6.20 Å². The monoisotopic (exact) mass is 272 g/mol. The molecule has 1 heterocycles. The van der Waals surface area contributed by atoms with Crippen molar-refractivity contribution in [3.05, 3.63) is 59.8 Å². The third-order valence-corrected chi connectivity index (χ3v) is 2.75. The Bertz CT molecular complexity index is 650. The molecular weight excluding hydrogens is 258 g/mol. The molecule has 0 atom stereocenters. The van der Waals surface area contributed by atoms with Gasteiger partial charge in [-0.3, -0.25) is 5.21 Å². The highest BCUT2D eigenvalue weighted by molar-refractivity contribution is 6.20. The Balaban J connectivity index is 2.45. The molecule has 0 unspecified atom stereocenters. The van der Waals surface area contributed by atoms with Gasteiger partial charge in [-0.2, -0.15) is 0 Å². The van der Waals surface area contributed by atoms with Crippen molar-refractivity contribution in [2.24, 2.45) is 0 Å². The van der Waals surface area contributed by atoms with Gasteiger partial charge in [-0.1, -0.05) is 30.3 Å². The standard InChI is InChI=1S/C15H13NO4/c1-20-14-8-7-11(10-16(14)19)9-13(15(17)18)12-5-3-2-4-6-12/h2-10H,1H3,(H-,17,18,19)/p+1/b13-9+. The van der Waals surface area contributed by atoms with E-state index in [1.165, 1.54) is 19.4 Å². The van der Waals surface area contributed by atoms with E-state index in [2.05, 4.69) is 0 Å². The lowest BCUT2D eigenvalue weighted by atomic mass is 10.0. The quantitative estimate of drug-likeness (QED) is 0.506. The van der Waals surface area contributed by atoms with Gasteiger partial charge in [-0.05, 0) is 17.7 Å². The summed E-state index contributed by atoms with van der Waals surface area (Å²) in [7, 11) is 1.43. The number of benzene rings is 1. The minimum atomic E-state index is -1.03. The van der Waals surface area contributed by atoms with E-state index in [4.69, 9.17) is 4.74 Å². The molecule has 2 N–H and O–H groups in total. The first-order chi connectivity index (χ1) is 9.61. The molecule has 0 amide bonds. The van der Waals surface area contributed by atoms with Crippen molar-refractivity contribution in [2.75, 3.05) is 7.11 Å². The van der Waals surface area contributed by atoms with Gasteiger partial charge < -0.3 is 9.84 Å². The van der Waals surface area contributed by atoms with E-state index < -0.39 is 5.97 Å². The third-order valence-electron chi connectivity index (χ3n) is 2.75. The highest BCUT2D eigenvalue weighted by atomic mass is 16.5. The fourth-order valence-electron chi connectivity index (χ4n) is 1.79. The first-order valence-electron chi connectivity index (χ1n) is 5.91. The molecule has 0 saturated heterocycles. The summed E-state index contributed by atoms with van der Waals surface area (Å²) in [5.41, 5.74) is 1.30. The van der Waals surface area contributed by atoms with Crippen LogP contribution in [0.4, 0.5) is 0 Å². The molecule has 0 spiro atoms. The summed E-state index contributed by atoms with van der Waals surface area (Å²) in [5, 5.41) is 18.9. The van der Waals surface area contributed by atoms with Crippen LogP contribution in [0.5, 0.6) is 5.88 Å². The molecule has 0 aliphatic carbocycles. The average molecular weight is 272 g/mol. The van der Waals surface area contributed by atoms with Gasteiger partial charge in [0.05, 0.1) is 18.7 Å². The Kier molecular flexibility index (Phi) is 4.00. The van der Waals surface area contributed by atoms with Crippen LogP contribution in [0, 0.1) is 0 Å². The zero-order valence-corrected chi connectivity index (χ0v) is 10.9. The van der Waals surface area contributed by atoms with Crippen LogP contribution in [0.15, 0.2) is 48.7 Å². The summed E-state index contributed by atoms with van der Waals surface area (Å²) in [6, 6.07) is 12.0. The Morgan fingerprint density at radius 3 is 2.45 bits per heavy atom. The van der Waals surface area contributed by atoms with Crippen molar-refractivity contribution in [1.29, 1.82) is 0 Å². The second-order valence-electron chi connectivity index (χ2n) is 4.08. The molecular formula is C15H14NO4+. The first kappa shape index (κ1) is 13.6. The number of aromatic nitrogens is 1. The number of rotatable bonds is 4. The summed E-state index contributed by atoms with van der Waals surface area (Å²) in [4.78, 5) is 11.4. The molecule has 2 aromatic rings. The fraction of sp³-hybridized carbons (Fsp3) is 0.0667. The average Bonchev–Trinajstić information content (AvgIpc) is 2.45. The topological polar surface area (TPSA) is 70.6 Å². The summed E-state index contributed by atoms with van der Waals surface area (Å²) in [6.45, 7) is 0. The highest BCUT2D eigenvalue weighted by Crippen LogP contribution is 2.18. The maximum absolute atomic E-state index is 11.4. The number of ether oxygens (including phenoxy) is 1. The van der Waals surface area contributed by atoms with Crippen molar-refractivity contribution in [3.63, 3.8) is 0 Å². The molecule has 20 heavy (non-hydrogen) atoms. The van der Waals surface area contributed by atoms with Gasteiger partial charge in [-0.25, -0.2) is 4.79 Å². The number of methoxy groups -OCH3 is 1. The van der Waals surface area contributed by atoms with Crippen LogP contribution < -0.4 is 9.47 Å². The number of hydrogen-bond acceptors (Lipinski definition) is 3. The highest BCUT2D eigenvalue weighted by Gasteiger charge is 2.14. The van der Waals surface area contributed by atoms with Gasteiger partial charge in [0.15, 0.2) is 0 Å². The predicted molar refractivity (Wildman–Crippen MR) is 72.3 cm³/mol. The maximum Gasteiger partial charge on any atom is 0.416 e. The largest absolute Gasteiger partial charge is 0.478 e. The number of pyridine rings is 1. The van der Waals surface area contributed by atoms with Gasteiger partial charge in [0.1, 0.15) is 0 Å². The van der Waals surface area contributed by atoms with E-state index in [9.17, 15) is 15.1 Å². The van der Waals surface area contributed by atoms with E-state index in [-0.39, 0.29) is 11.5 Å². The Morgan fingerprint density at radius 2 is 1.90 bits per heavy atom. The first-order valence-corrected chi connectivity index (χ1v) is 5.91. The number of carboxylic acid groups (broad SMARTS) is 1. The van der Waals surface area contributed by atoms with Crippen molar-refractivity contribution >= 4 is 17.6 Å². The normalized spacial score (nSPS) is 11.2. The molecule has 1 aromatic heterocycles. The molecule has 0 fully saturated rings. The van der Waals surface area contributed by atoms with E-state index in [0.29, 0.717) is 11.1 Å². The minimum absolute atomic E-state index is 0.149. The van der Waals surface area contributed by atoms with Crippen LogP contribution in [0.3, 0.4) is 0 Å². The van der Waals surface area contributed by atoms with Gasteiger partial charge in [0, 0.05) is 10.3 Å². The number of carboxylic acids is 1. The zero-order valence-electron chi connectivity index (χ0n) is 10.9. The molecule has 1 aromatic carbocycles. The lowest BCUT2D eigenvalue weighted by molar-refractivity contribution is -0.906. The van der Waals surface area contributed by atoms with E-state index in [1.54, 1.807) is 36.4 Å². The van der Waals surface area contributed by atoms with Crippen LogP contribution in [0.1, 0.15) is 11.1 Å². The van der Waals surface area contributed by atoms with Crippen LogP contribution >= 0.6 is 0 Å². The Morgan fingerprint density at radius 1 is 1.20 bits per heavy atom. The van der Waals surface area contributed by atoms with Gasteiger partial charge in [0.25, 0.3) is 0 Å². The van der Waals surface area contributed by atoms with E-state index in [1.807, 2.05) is 6.07 Å². The lowest BCUT2D eigenvalue weighted by Crippen LogP contribution is -2.31. The zero-order chi connectivity index (χ0) is 14.5. The maximum atomic E-state index is 11.4. The molecule has 0 radical (unpaired) electrons. The molecule has 102 valence electrons. The predicted octanol–water partition coefficient (Wildman–Crippen LogP) is 1.85. The molecule has 5 heteroatoms. The van der Waals surface area contributed by atoms with Crippen molar-refractivity contribution in [3.8, 4) is 5.88 Å². The van der Waals surface area contributed by atoms with Crippen LogP contribution in [0.25, 0.3) is 11.6 Å². The summed E-state index contributed by atoms with van der Waals surface area (Å²) < 4.78 is 5.71. The molecule has 0 aliphatic rings. The van der Waals surface area contributed by atoms with Crippen molar-refractivity contribution in [1.82, 2.24) is 0 Å². The molecule has 2 rings (SSSR count). The molecule has 0 saturated carbocycles. The fourth-order valence-corrected chi connectivity index (χ4v) is 1.79. The number of hydrogen-bond donors (Lipinski definition) is 2. The van der Waals surface area contributed by atoms with Gasteiger partial charge >= 0.3 is 11.8 Å². The van der Waals surface area contributed by atoms with E-state index >= 15 is 0 Å². The minimum Gasteiger partial charge on any atom is -0.478 e. The SMILES string of the molecule is COc1ccc(/C=C(/C(=O)O)c2ccccc2)c[n+]1O. The second-order valence-corrected chi connectivity index (χ2v) is 4.08. The summed E-state index contributed by atoms with van der Waals surface area (Å²) in [5.74, 6) is -0.768. The number of nitrogens with zero attached hydrogens (tertiary/aromatic N) is 1. The molecule has 0 bridgehead atoms. The van der Waals surface area contributed by atoms with Gasteiger partial charge in [-0.15, -0.1) is 0 Å². The van der Waals surface area contributed by atoms with E-state index in [0.717, 1.165) is 4.73 Å². The van der Waals surface area contributed by atoms with Crippen LogP contribution in [-0.2, 0) is 4.79 Å². The van der Waals surface area contributed by atoms with Crippen LogP contribution in [-0.4, -0.2) is 23.4 Å². The van der Waals surface area contributed by atoms with Crippen molar-refractivity contribution in [2.45, 2.75) is 0 Å². The number of carbonyl (C=O) groups is 1. The Hall–Kier alpha value is -2.82.